The average Bonchev–Trinajstić information content (AvgIpc) is 2.96. The summed E-state index contributed by atoms with van der Waals surface area (Å²) in [6.07, 6.45) is 1.71. The third-order valence-corrected chi connectivity index (χ3v) is 5.25. The van der Waals surface area contributed by atoms with E-state index in [-0.39, 0.29) is 6.54 Å². The smallest absolute Gasteiger partial charge is 0.294 e. The highest BCUT2D eigenvalue weighted by Gasteiger charge is 2.36. The molecule has 3 aromatic rings. The Kier molecular flexibility index (Phi) is 4.95. The van der Waals surface area contributed by atoms with Crippen LogP contribution in [0.2, 0.25) is 0 Å². The van der Waals surface area contributed by atoms with Crippen LogP contribution in [-0.2, 0) is 9.59 Å². The SMILES string of the molecule is O=C(CN1C(=O)S/C(=C\c2cccc3ccccc23)C1=O)Nc1ccccc1. The molecule has 0 aromatic heterocycles. The first-order valence-corrected chi connectivity index (χ1v) is 9.51. The molecule has 0 aliphatic carbocycles. The van der Waals surface area contributed by atoms with Gasteiger partial charge in [-0.2, -0.15) is 0 Å². The third kappa shape index (κ3) is 3.68. The number of para-hydroxylation sites is 1. The molecule has 3 aromatic carbocycles. The van der Waals surface area contributed by atoms with Crippen LogP contribution in [0.5, 0.6) is 0 Å². The maximum atomic E-state index is 12.7. The molecule has 0 radical (unpaired) electrons. The van der Waals surface area contributed by atoms with Crippen LogP contribution in [0.25, 0.3) is 16.8 Å². The lowest BCUT2D eigenvalue weighted by Crippen LogP contribution is -2.36. The van der Waals surface area contributed by atoms with E-state index in [1.165, 1.54) is 0 Å². The molecule has 0 unspecified atom stereocenters. The Hall–Kier alpha value is -3.38. The number of thioether (sulfide) groups is 1. The number of rotatable bonds is 4. The fourth-order valence-electron chi connectivity index (χ4n) is 3.02. The van der Waals surface area contributed by atoms with Gasteiger partial charge in [0.25, 0.3) is 11.1 Å². The molecule has 1 aliphatic heterocycles. The number of fused-ring (bicyclic) bond motifs is 1. The van der Waals surface area contributed by atoms with Gasteiger partial charge >= 0.3 is 0 Å². The van der Waals surface area contributed by atoms with Gasteiger partial charge in [-0.05, 0) is 46.3 Å². The fourth-order valence-corrected chi connectivity index (χ4v) is 3.85. The molecule has 28 heavy (non-hydrogen) atoms. The van der Waals surface area contributed by atoms with Crippen molar-refractivity contribution in [2.45, 2.75) is 0 Å². The second-order valence-corrected chi connectivity index (χ2v) is 7.24. The van der Waals surface area contributed by atoms with Crippen LogP contribution in [0.1, 0.15) is 5.56 Å². The van der Waals surface area contributed by atoms with Crippen LogP contribution in [-0.4, -0.2) is 28.5 Å². The highest BCUT2D eigenvalue weighted by Crippen LogP contribution is 2.33. The molecular weight excluding hydrogens is 372 g/mol. The molecule has 4 rings (SSSR count). The van der Waals surface area contributed by atoms with E-state index in [0.29, 0.717) is 10.6 Å². The van der Waals surface area contributed by atoms with Gasteiger partial charge in [-0.15, -0.1) is 0 Å². The second kappa shape index (κ2) is 7.70. The number of imide groups is 1. The van der Waals surface area contributed by atoms with E-state index in [1.54, 1.807) is 30.3 Å². The van der Waals surface area contributed by atoms with Crippen molar-refractivity contribution in [2.75, 3.05) is 11.9 Å². The van der Waals surface area contributed by atoms with Crippen molar-refractivity contribution in [1.29, 1.82) is 0 Å². The van der Waals surface area contributed by atoms with Crippen LogP contribution in [0.3, 0.4) is 0 Å². The second-order valence-electron chi connectivity index (χ2n) is 6.25. The molecule has 0 atom stereocenters. The minimum Gasteiger partial charge on any atom is -0.325 e. The van der Waals surface area contributed by atoms with Gasteiger partial charge in [-0.3, -0.25) is 19.3 Å². The summed E-state index contributed by atoms with van der Waals surface area (Å²) in [4.78, 5) is 38.5. The van der Waals surface area contributed by atoms with Gasteiger partial charge in [-0.1, -0.05) is 60.7 Å². The molecule has 1 saturated heterocycles. The van der Waals surface area contributed by atoms with Gasteiger partial charge in [0.05, 0.1) is 4.91 Å². The number of nitrogens with one attached hydrogen (secondary N) is 1. The Labute approximate surface area is 166 Å². The van der Waals surface area contributed by atoms with Crippen molar-refractivity contribution < 1.29 is 14.4 Å². The van der Waals surface area contributed by atoms with Gasteiger partial charge in [0.15, 0.2) is 0 Å². The van der Waals surface area contributed by atoms with Crippen LogP contribution in [0, 0.1) is 0 Å². The number of hydrogen-bond donors (Lipinski definition) is 1. The fraction of sp³-hybridized carbons (Fsp3) is 0.0455. The quantitative estimate of drug-likeness (QED) is 0.668. The molecule has 1 aliphatic rings. The van der Waals surface area contributed by atoms with Crippen molar-refractivity contribution in [1.82, 2.24) is 4.90 Å². The first-order chi connectivity index (χ1) is 13.6. The molecule has 0 spiro atoms. The lowest BCUT2D eigenvalue weighted by Gasteiger charge is -2.12. The van der Waals surface area contributed by atoms with E-state index in [9.17, 15) is 14.4 Å². The predicted molar refractivity (Wildman–Crippen MR) is 112 cm³/mol. The Bertz CT molecular complexity index is 1100. The predicted octanol–water partition coefficient (Wildman–Crippen LogP) is 4.51. The zero-order valence-corrected chi connectivity index (χ0v) is 15.6. The summed E-state index contributed by atoms with van der Waals surface area (Å²) in [6, 6.07) is 22.6. The van der Waals surface area contributed by atoms with E-state index in [2.05, 4.69) is 5.32 Å². The van der Waals surface area contributed by atoms with Crippen molar-refractivity contribution in [2.24, 2.45) is 0 Å². The standard InChI is InChI=1S/C22H16N2O3S/c25-20(23-17-10-2-1-3-11-17)14-24-21(26)19(28-22(24)27)13-16-9-6-8-15-7-4-5-12-18(15)16/h1-13H,14H2,(H,23,25)/b19-13-. The summed E-state index contributed by atoms with van der Waals surface area (Å²) in [5, 5.41) is 4.29. The first kappa shape index (κ1) is 18.0. The Morgan fingerprint density at radius 2 is 1.64 bits per heavy atom. The first-order valence-electron chi connectivity index (χ1n) is 8.70. The minimum absolute atomic E-state index is 0.313. The Balaban J connectivity index is 1.53. The van der Waals surface area contributed by atoms with Gasteiger partial charge < -0.3 is 5.32 Å². The molecule has 1 fully saturated rings. The highest BCUT2D eigenvalue weighted by atomic mass is 32.2. The topological polar surface area (TPSA) is 66.5 Å². The lowest BCUT2D eigenvalue weighted by molar-refractivity contribution is -0.127. The number of hydrogen-bond acceptors (Lipinski definition) is 4. The van der Waals surface area contributed by atoms with Gasteiger partial charge in [0.1, 0.15) is 6.54 Å². The summed E-state index contributed by atoms with van der Waals surface area (Å²) in [5.74, 6) is -0.869. The molecular formula is C22H16N2O3S. The van der Waals surface area contributed by atoms with Crippen molar-refractivity contribution >= 4 is 51.4 Å². The summed E-state index contributed by atoms with van der Waals surface area (Å²) in [5.41, 5.74) is 1.48. The van der Waals surface area contributed by atoms with Gasteiger partial charge in [-0.25, -0.2) is 0 Å². The molecule has 3 amide bonds. The highest BCUT2D eigenvalue weighted by molar-refractivity contribution is 8.18. The summed E-state index contributed by atoms with van der Waals surface area (Å²) >= 11 is 0.852. The largest absolute Gasteiger partial charge is 0.325 e. The van der Waals surface area contributed by atoms with Crippen LogP contribution < -0.4 is 5.32 Å². The van der Waals surface area contributed by atoms with Gasteiger partial charge in [0.2, 0.25) is 5.91 Å². The average molecular weight is 388 g/mol. The monoisotopic (exact) mass is 388 g/mol. The van der Waals surface area contributed by atoms with Crippen LogP contribution in [0.4, 0.5) is 10.5 Å². The maximum absolute atomic E-state index is 12.7. The number of anilines is 1. The molecule has 0 saturated carbocycles. The Morgan fingerprint density at radius 1 is 0.929 bits per heavy atom. The summed E-state index contributed by atoms with van der Waals surface area (Å²) in [6.45, 7) is -0.313. The summed E-state index contributed by atoms with van der Waals surface area (Å²) < 4.78 is 0. The van der Waals surface area contributed by atoms with E-state index in [4.69, 9.17) is 0 Å². The number of nitrogens with zero attached hydrogens (tertiary/aromatic N) is 1. The third-order valence-electron chi connectivity index (χ3n) is 4.34. The Morgan fingerprint density at radius 3 is 2.46 bits per heavy atom. The zero-order valence-electron chi connectivity index (χ0n) is 14.8. The number of benzene rings is 3. The minimum atomic E-state index is -0.453. The molecule has 1 heterocycles. The van der Waals surface area contributed by atoms with E-state index >= 15 is 0 Å². The number of carbonyl (C=O) groups is 3. The van der Waals surface area contributed by atoms with E-state index in [0.717, 1.165) is 33.0 Å². The van der Waals surface area contributed by atoms with Gasteiger partial charge in [0, 0.05) is 5.69 Å². The van der Waals surface area contributed by atoms with Crippen molar-refractivity contribution in [3.8, 4) is 0 Å². The molecule has 0 bridgehead atoms. The number of amides is 3. The molecule has 6 heteroatoms. The molecule has 5 nitrogen and oxygen atoms in total. The van der Waals surface area contributed by atoms with Crippen molar-refractivity contribution in [3.63, 3.8) is 0 Å². The number of carbonyl (C=O) groups excluding carboxylic acids is 3. The normalized spacial score (nSPS) is 15.4. The van der Waals surface area contributed by atoms with E-state index < -0.39 is 17.1 Å². The van der Waals surface area contributed by atoms with Crippen LogP contribution >= 0.6 is 11.8 Å². The maximum Gasteiger partial charge on any atom is 0.294 e. The lowest BCUT2D eigenvalue weighted by atomic mass is 10.0. The van der Waals surface area contributed by atoms with Crippen LogP contribution in [0.15, 0.2) is 77.7 Å². The molecule has 138 valence electrons. The summed E-state index contributed by atoms with van der Waals surface area (Å²) in [7, 11) is 0. The van der Waals surface area contributed by atoms with Crippen molar-refractivity contribution in [3.05, 3.63) is 83.3 Å². The van der Waals surface area contributed by atoms with E-state index in [1.807, 2.05) is 48.5 Å². The zero-order chi connectivity index (χ0) is 19.5. The molecule has 1 N–H and O–H groups in total.